The average Bonchev–Trinajstić information content (AvgIpc) is 2.72. The van der Waals surface area contributed by atoms with Gasteiger partial charge in [-0.2, -0.15) is 0 Å². The molecule has 0 aliphatic carbocycles. The Morgan fingerprint density at radius 3 is 2.21 bits per heavy atom. The van der Waals surface area contributed by atoms with Crippen LogP contribution in [0.1, 0.15) is 49.3 Å². The normalized spacial score (nSPS) is 18.3. The summed E-state index contributed by atoms with van der Waals surface area (Å²) in [6.45, 7) is 4.46. The maximum absolute atomic E-state index is 4.79. The zero-order valence-corrected chi connectivity index (χ0v) is 18.6. The van der Waals surface area contributed by atoms with E-state index < -0.39 is 0 Å². The molecule has 0 unspecified atom stereocenters. The summed E-state index contributed by atoms with van der Waals surface area (Å²) in [5.74, 6) is 3.57. The van der Waals surface area contributed by atoms with Gasteiger partial charge < -0.3 is 0 Å². The molecule has 28 heavy (non-hydrogen) atoms. The number of hydrogen-bond donors (Lipinski definition) is 0. The molecule has 1 saturated heterocycles. The highest BCUT2D eigenvalue weighted by Crippen LogP contribution is 2.49. The van der Waals surface area contributed by atoms with E-state index in [1.165, 1.54) is 57.4 Å². The second kappa shape index (κ2) is 7.91. The van der Waals surface area contributed by atoms with Crippen LogP contribution in [-0.4, -0.2) is 29.0 Å². The van der Waals surface area contributed by atoms with Crippen molar-refractivity contribution in [2.24, 2.45) is 0 Å². The quantitative estimate of drug-likeness (QED) is 0.468. The average molecular weight is 392 g/mol. The molecule has 1 fully saturated rings. The van der Waals surface area contributed by atoms with Gasteiger partial charge in [0.2, 0.25) is 0 Å². The van der Waals surface area contributed by atoms with Gasteiger partial charge in [-0.25, -0.2) is 10.0 Å². The third-order valence-corrected chi connectivity index (χ3v) is 9.12. The molecule has 1 aliphatic rings. The van der Waals surface area contributed by atoms with Gasteiger partial charge in [0.05, 0.1) is 5.69 Å². The molecule has 2 heteroatoms. The number of aryl methyl sites for hydroxylation is 2. The standard InChI is InChI=1S/C26H33NS/c1-5-19-15-20(6-2)17-24(16-19)26-25-8-7-22(18-23(25)9-12-27-26)21-10-13-28(3,4)14-11-21/h7-9,12,15-18,21H,5-6,10-11,13-14H2,1-4H3. The lowest BCUT2D eigenvalue weighted by Gasteiger charge is -2.39. The van der Waals surface area contributed by atoms with Gasteiger partial charge in [-0.1, -0.05) is 38.1 Å². The Labute approximate surface area is 171 Å². The van der Waals surface area contributed by atoms with Crippen molar-refractivity contribution in [3.8, 4) is 11.3 Å². The van der Waals surface area contributed by atoms with Crippen LogP contribution in [0.5, 0.6) is 0 Å². The van der Waals surface area contributed by atoms with E-state index in [1.807, 2.05) is 6.20 Å². The van der Waals surface area contributed by atoms with E-state index in [9.17, 15) is 0 Å². The predicted molar refractivity (Wildman–Crippen MR) is 127 cm³/mol. The third kappa shape index (κ3) is 3.98. The smallest absolute Gasteiger partial charge is 0.0780 e. The van der Waals surface area contributed by atoms with Crippen LogP contribution in [0.3, 0.4) is 0 Å². The van der Waals surface area contributed by atoms with Crippen LogP contribution in [0, 0.1) is 0 Å². The van der Waals surface area contributed by atoms with Crippen molar-refractivity contribution in [3.63, 3.8) is 0 Å². The van der Waals surface area contributed by atoms with Crippen molar-refractivity contribution in [3.05, 3.63) is 65.4 Å². The molecular formula is C26H33NS. The Kier molecular flexibility index (Phi) is 5.51. The first-order valence-electron chi connectivity index (χ1n) is 10.7. The van der Waals surface area contributed by atoms with Gasteiger partial charge in [0, 0.05) is 17.1 Å². The highest BCUT2D eigenvalue weighted by molar-refractivity contribution is 8.32. The maximum atomic E-state index is 4.79. The number of aromatic nitrogens is 1. The molecule has 0 bridgehead atoms. The molecule has 0 saturated carbocycles. The van der Waals surface area contributed by atoms with E-state index in [0.717, 1.165) is 24.5 Å². The van der Waals surface area contributed by atoms with E-state index in [-0.39, 0.29) is 10.0 Å². The van der Waals surface area contributed by atoms with Crippen molar-refractivity contribution in [1.82, 2.24) is 4.98 Å². The van der Waals surface area contributed by atoms with E-state index >= 15 is 0 Å². The molecule has 2 aromatic carbocycles. The highest BCUT2D eigenvalue weighted by atomic mass is 32.3. The number of pyridine rings is 1. The van der Waals surface area contributed by atoms with Crippen LogP contribution in [0.25, 0.3) is 22.0 Å². The Hall–Kier alpha value is -1.80. The second-order valence-corrected chi connectivity index (χ2v) is 13.2. The van der Waals surface area contributed by atoms with Gasteiger partial charge in [0.15, 0.2) is 0 Å². The molecule has 3 aromatic rings. The fourth-order valence-corrected chi connectivity index (χ4v) is 6.54. The third-order valence-electron chi connectivity index (χ3n) is 6.44. The van der Waals surface area contributed by atoms with Crippen LogP contribution in [-0.2, 0) is 12.8 Å². The molecule has 0 spiro atoms. The second-order valence-electron chi connectivity index (χ2n) is 8.84. The minimum atomic E-state index is -0.332. The molecule has 0 radical (unpaired) electrons. The molecule has 1 aromatic heterocycles. The van der Waals surface area contributed by atoms with Crippen molar-refractivity contribution in [1.29, 1.82) is 0 Å². The van der Waals surface area contributed by atoms with Gasteiger partial charge in [0.25, 0.3) is 0 Å². The van der Waals surface area contributed by atoms with E-state index in [4.69, 9.17) is 4.98 Å². The van der Waals surface area contributed by atoms with Crippen molar-refractivity contribution in [2.45, 2.75) is 45.4 Å². The van der Waals surface area contributed by atoms with Crippen LogP contribution < -0.4 is 0 Å². The fraction of sp³-hybridized carbons (Fsp3) is 0.423. The van der Waals surface area contributed by atoms with Gasteiger partial charge in [-0.3, -0.25) is 4.98 Å². The summed E-state index contributed by atoms with van der Waals surface area (Å²) in [6.07, 6.45) is 11.8. The van der Waals surface area contributed by atoms with Crippen molar-refractivity contribution >= 4 is 20.8 Å². The summed E-state index contributed by atoms with van der Waals surface area (Å²) in [7, 11) is -0.332. The first kappa shape index (κ1) is 19.5. The summed E-state index contributed by atoms with van der Waals surface area (Å²) in [5.41, 5.74) is 6.71. The first-order valence-corrected chi connectivity index (χ1v) is 13.5. The Morgan fingerprint density at radius 1 is 0.893 bits per heavy atom. The lowest BCUT2D eigenvalue weighted by molar-refractivity contribution is 0.632. The Bertz CT molecular complexity index is 957. The molecule has 1 aliphatic heterocycles. The first-order chi connectivity index (χ1) is 13.5. The SMILES string of the molecule is CCc1cc(CC)cc(-c2nccc3cc(C4CCS(C)(C)CC4)ccc23)c1. The molecule has 4 rings (SSSR count). The van der Waals surface area contributed by atoms with Crippen LogP contribution in [0.4, 0.5) is 0 Å². The molecular weight excluding hydrogens is 358 g/mol. The predicted octanol–water partition coefficient (Wildman–Crippen LogP) is 6.97. The zero-order valence-electron chi connectivity index (χ0n) is 17.8. The minimum absolute atomic E-state index is 0.332. The number of fused-ring (bicyclic) bond motifs is 1. The van der Waals surface area contributed by atoms with E-state index in [1.54, 1.807) is 0 Å². The zero-order chi connectivity index (χ0) is 19.7. The Balaban J connectivity index is 1.72. The molecule has 0 N–H and O–H groups in total. The lowest BCUT2D eigenvalue weighted by atomic mass is 9.91. The summed E-state index contributed by atoms with van der Waals surface area (Å²) < 4.78 is 0. The molecule has 2 heterocycles. The van der Waals surface area contributed by atoms with Crippen LogP contribution >= 0.6 is 10.0 Å². The van der Waals surface area contributed by atoms with Crippen molar-refractivity contribution in [2.75, 3.05) is 24.0 Å². The summed E-state index contributed by atoms with van der Waals surface area (Å²) in [5, 5.41) is 2.61. The fourth-order valence-electron chi connectivity index (χ4n) is 4.49. The summed E-state index contributed by atoms with van der Waals surface area (Å²) >= 11 is 0. The maximum Gasteiger partial charge on any atom is 0.0780 e. The highest BCUT2D eigenvalue weighted by Gasteiger charge is 2.24. The van der Waals surface area contributed by atoms with Gasteiger partial charge in [0.1, 0.15) is 0 Å². The molecule has 0 atom stereocenters. The van der Waals surface area contributed by atoms with Crippen LogP contribution in [0.2, 0.25) is 0 Å². The van der Waals surface area contributed by atoms with Gasteiger partial charge in [-0.15, -0.1) is 0 Å². The summed E-state index contributed by atoms with van der Waals surface area (Å²) in [6, 6.07) is 16.3. The number of hydrogen-bond acceptors (Lipinski definition) is 1. The monoisotopic (exact) mass is 391 g/mol. The van der Waals surface area contributed by atoms with Crippen LogP contribution in [0.15, 0.2) is 48.7 Å². The van der Waals surface area contributed by atoms with E-state index in [2.05, 4.69) is 68.8 Å². The van der Waals surface area contributed by atoms with E-state index in [0.29, 0.717) is 0 Å². The summed E-state index contributed by atoms with van der Waals surface area (Å²) in [4.78, 5) is 4.79. The molecule has 148 valence electrons. The van der Waals surface area contributed by atoms with Gasteiger partial charge >= 0.3 is 0 Å². The van der Waals surface area contributed by atoms with Crippen molar-refractivity contribution < 1.29 is 0 Å². The van der Waals surface area contributed by atoms with Gasteiger partial charge in [-0.05, 0) is 95.9 Å². The molecule has 1 nitrogen and oxygen atoms in total. The minimum Gasteiger partial charge on any atom is -0.256 e. The topological polar surface area (TPSA) is 12.9 Å². The largest absolute Gasteiger partial charge is 0.256 e. The number of rotatable bonds is 4. The Morgan fingerprint density at radius 2 is 1.57 bits per heavy atom. The number of benzene rings is 2. The lowest BCUT2D eigenvalue weighted by Crippen LogP contribution is -2.18. The number of nitrogens with zero attached hydrogens (tertiary/aromatic N) is 1. The molecule has 0 amide bonds.